The van der Waals surface area contributed by atoms with Crippen molar-refractivity contribution in [2.75, 3.05) is 26.7 Å². The number of nitrogens with zero attached hydrogens (tertiary/aromatic N) is 1. The van der Waals surface area contributed by atoms with Crippen LogP contribution in [0.4, 0.5) is 0 Å². The van der Waals surface area contributed by atoms with E-state index in [1.54, 1.807) is 17.8 Å². The average Bonchev–Trinajstić information content (AvgIpc) is 2.61. The van der Waals surface area contributed by atoms with Crippen LogP contribution in [0.1, 0.15) is 30.9 Å². The monoisotopic (exact) mass is 433 g/mol. The van der Waals surface area contributed by atoms with E-state index in [1.807, 2.05) is 19.1 Å². The molecule has 3 nitrogen and oxygen atoms in total. The molecule has 0 saturated carbocycles. The number of benzene rings is 2. The van der Waals surface area contributed by atoms with Crippen LogP contribution in [-0.2, 0) is 0 Å². The van der Waals surface area contributed by atoms with Gasteiger partial charge in [0.2, 0.25) is 0 Å². The lowest BCUT2D eigenvalue weighted by Gasteiger charge is -2.30. The first-order valence-electron chi connectivity index (χ1n) is 8.85. The molecule has 2 aliphatic heterocycles. The lowest BCUT2D eigenvalue weighted by molar-refractivity contribution is 0.313. The van der Waals surface area contributed by atoms with Gasteiger partial charge in [0.15, 0.2) is 0 Å². The Hall–Kier alpha value is -1.43. The number of phenols is 1. The highest BCUT2D eigenvalue weighted by atomic mass is 79.9. The summed E-state index contributed by atoms with van der Waals surface area (Å²) in [5, 5.41) is 10.6. The fourth-order valence-electron chi connectivity index (χ4n) is 3.66. The minimum absolute atomic E-state index is 0. The quantitative estimate of drug-likeness (QED) is 0.589. The molecule has 2 aromatic carbocycles. The summed E-state index contributed by atoms with van der Waals surface area (Å²) in [5.74, 6) is 1.29. The molecule has 1 N–H and O–H groups in total. The molecule has 2 aromatic rings. The minimum Gasteiger partial charge on any atom is -0.507 e. The normalized spacial score (nSPS) is 16.5. The van der Waals surface area contributed by atoms with Crippen LogP contribution in [0.2, 0.25) is 0 Å². The summed E-state index contributed by atoms with van der Waals surface area (Å²) in [6.07, 6.45) is 2.11. The molecule has 0 atom stereocenters. The number of piperidine rings is 1. The van der Waals surface area contributed by atoms with Crippen molar-refractivity contribution >= 4 is 34.3 Å². The second-order valence-corrected chi connectivity index (χ2v) is 7.71. The molecule has 26 heavy (non-hydrogen) atoms. The van der Waals surface area contributed by atoms with Crippen LogP contribution in [0, 0.1) is 0 Å². The van der Waals surface area contributed by atoms with E-state index in [9.17, 15) is 5.11 Å². The lowest BCUT2D eigenvalue weighted by atomic mass is 9.87. The van der Waals surface area contributed by atoms with Gasteiger partial charge in [0.1, 0.15) is 11.5 Å². The topological polar surface area (TPSA) is 32.7 Å². The molecule has 0 amide bonds. The summed E-state index contributed by atoms with van der Waals surface area (Å²) in [4.78, 5) is 4.71. The average molecular weight is 434 g/mol. The molecule has 5 heteroatoms. The molecule has 1 saturated heterocycles. The first kappa shape index (κ1) is 19.3. The van der Waals surface area contributed by atoms with Crippen LogP contribution in [-0.4, -0.2) is 36.8 Å². The van der Waals surface area contributed by atoms with Gasteiger partial charge in [-0.25, -0.2) is 0 Å². The Kier molecular flexibility index (Phi) is 6.00. The maximum absolute atomic E-state index is 10.6. The molecule has 1 fully saturated rings. The predicted molar refractivity (Wildman–Crippen MR) is 113 cm³/mol. The van der Waals surface area contributed by atoms with Gasteiger partial charge in [0, 0.05) is 28.4 Å². The van der Waals surface area contributed by atoms with Gasteiger partial charge in [0.25, 0.3) is 0 Å². The standard InChI is InChI=1S/C21H23NO2S.BrH/c1-3-24-15-7-8-16-19(13-15)25-18-6-4-5-17(23)21(18)20(16)14-9-11-22(2)12-10-14;/h4-8,13,23H,3,9-12H2,1-2H3;1H. The van der Waals surface area contributed by atoms with Gasteiger partial charge in [-0.05, 0) is 68.3 Å². The third kappa shape index (κ3) is 3.53. The van der Waals surface area contributed by atoms with Gasteiger partial charge < -0.3 is 14.7 Å². The summed E-state index contributed by atoms with van der Waals surface area (Å²) in [5.41, 5.74) is 4.91. The van der Waals surface area contributed by atoms with E-state index in [1.165, 1.54) is 21.6 Å². The van der Waals surface area contributed by atoms with Gasteiger partial charge in [-0.15, -0.1) is 17.0 Å². The van der Waals surface area contributed by atoms with Crippen LogP contribution >= 0.6 is 28.7 Å². The number of hydrogen-bond donors (Lipinski definition) is 1. The zero-order valence-electron chi connectivity index (χ0n) is 15.1. The third-order valence-corrected chi connectivity index (χ3v) is 6.07. The van der Waals surface area contributed by atoms with Gasteiger partial charge >= 0.3 is 0 Å². The van der Waals surface area contributed by atoms with E-state index < -0.39 is 0 Å². The van der Waals surface area contributed by atoms with Crippen molar-refractivity contribution in [3.63, 3.8) is 0 Å². The summed E-state index contributed by atoms with van der Waals surface area (Å²) < 4.78 is 5.69. The largest absolute Gasteiger partial charge is 0.507 e. The van der Waals surface area contributed by atoms with Gasteiger partial charge in [-0.1, -0.05) is 23.4 Å². The molecular formula is C21H24BrNO2S. The molecule has 138 valence electrons. The van der Waals surface area contributed by atoms with E-state index in [2.05, 4.69) is 30.1 Å². The lowest BCUT2D eigenvalue weighted by Crippen LogP contribution is -2.27. The summed E-state index contributed by atoms with van der Waals surface area (Å²) in [6.45, 7) is 4.81. The molecule has 0 aromatic heterocycles. The Balaban J connectivity index is 0.00000196. The van der Waals surface area contributed by atoms with Crippen molar-refractivity contribution < 1.29 is 9.84 Å². The molecular weight excluding hydrogens is 410 g/mol. The zero-order valence-corrected chi connectivity index (χ0v) is 17.6. The number of hydrogen-bond acceptors (Lipinski definition) is 4. The summed E-state index contributed by atoms with van der Waals surface area (Å²) in [7, 11) is 2.17. The fraction of sp³-hybridized carbons (Fsp3) is 0.333. The molecule has 2 aliphatic rings. The van der Waals surface area contributed by atoms with Crippen molar-refractivity contribution in [3.05, 3.63) is 53.1 Å². The number of fused-ring (bicyclic) bond motifs is 2. The minimum atomic E-state index is 0. The van der Waals surface area contributed by atoms with E-state index in [0.717, 1.165) is 42.1 Å². The molecule has 0 radical (unpaired) electrons. The fourth-order valence-corrected chi connectivity index (χ4v) is 4.81. The SMILES string of the molecule is Br.CCOc1ccc2c(c1)Sc1cccc(O)c1C2=C1CCN(C)CC1. The maximum Gasteiger partial charge on any atom is 0.124 e. The number of likely N-dealkylation sites (tertiary alicyclic amines) is 1. The van der Waals surface area contributed by atoms with Gasteiger partial charge in [-0.3, -0.25) is 0 Å². The number of phenolic OH excluding ortho intramolecular Hbond substituents is 1. The van der Waals surface area contributed by atoms with Crippen LogP contribution in [0.3, 0.4) is 0 Å². The zero-order chi connectivity index (χ0) is 17.4. The first-order valence-corrected chi connectivity index (χ1v) is 9.67. The first-order chi connectivity index (χ1) is 12.2. The number of aromatic hydroxyl groups is 1. The van der Waals surface area contributed by atoms with Crippen LogP contribution in [0.25, 0.3) is 5.57 Å². The van der Waals surface area contributed by atoms with Crippen molar-refractivity contribution in [3.8, 4) is 11.5 Å². The Bertz CT molecular complexity index is 840. The Morgan fingerprint density at radius 2 is 1.88 bits per heavy atom. The van der Waals surface area contributed by atoms with Crippen LogP contribution in [0.5, 0.6) is 11.5 Å². The van der Waals surface area contributed by atoms with E-state index >= 15 is 0 Å². The molecule has 2 heterocycles. The Morgan fingerprint density at radius 3 is 2.62 bits per heavy atom. The van der Waals surface area contributed by atoms with Gasteiger partial charge in [0.05, 0.1) is 6.61 Å². The second kappa shape index (κ2) is 8.07. The highest BCUT2D eigenvalue weighted by molar-refractivity contribution is 8.93. The Labute approximate surface area is 169 Å². The van der Waals surface area contributed by atoms with E-state index in [0.29, 0.717) is 12.4 Å². The van der Waals surface area contributed by atoms with Crippen molar-refractivity contribution in [1.29, 1.82) is 0 Å². The smallest absolute Gasteiger partial charge is 0.124 e. The third-order valence-electron chi connectivity index (χ3n) is 4.95. The molecule has 0 unspecified atom stereocenters. The molecule has 0 bridgehead atoms. The maximum atomic E-state index is 10.6. The molecule has 0 aliphatic carbocycles. The van der Waals surface area contributed by atoms with E-state index in [-0.39, 0.29) is 17.0 Å². The summed E-state index contributed by atoms with van der Waals surface area (Å²) in [6, 6.07) is 12.2. The number of rotatable bonds is 2. The predicted octanol–water partition coefficient (Wildman–Crippen LogP) is 5.36. The second-order valence-electron chi connectivity index (χ2n) is 6.63. The van der Waals surface area contributed by atoms with Crippen molar-refractivity contribution in [2.45, 2.75) is 29.6 Å². The Morgan fingerprint density at radius 1 is 1.12 bits per heavy atom. The number of ether oxygens (including phenoxy) is 1. The van der Waals surface area contributed by atoms with Crippen LogP contribution < -0.4 is 4.74 Å². The summed E-state index contributed by atoms with van der Waals surface area (Å²) >= 11 is 1.72. The highest BCUT2D eigenvalue weighted by Gasteiger charge is 2.27. The molecule has 4 rings (SSSR count). The number of halogens is 1. The van der Waals surface area contributed by atoms with Crippen molar-refractivity contribution in [1.82, 2.24) is 4.90 Å². The molecule has 0 spiro atoms. The van der Waals surface area contributed by atoms with E-state index in [4.69, 9.17) is 4.74 Å². The van der Waals surface area contributed by atoms with Crippen molar-refractivity contribution in [2.24, 2.45) is 0 Å². The van der Waals surface area contributed by atoms with Crippen LogP contribution in [0.15, 0.2) is 51.8 Å². The van der Waals surface area contributed by atoms with Gasteiger partial charge in [-0.2, -0.15) is 0 Å². The highest BCUT2D eigenvalue weighted by Crippen LogP contribution is 2.51.